The Balaban J connectivity index is 2.17. The Morgan fingerprint density at radius 1 is 0.864 bits per heavy atom. The maximum absolute atomic E-state index is 6.23. The fourth-order valence-electron chi connectivity index (χ4n) is 1.86. The van der Waals surface area contributed by atoms with Gasteiger partial charge in [-0.05, 0) is 0 Å². The van der Waals surface area contributed by atoms with Crippen LogP contribution >= 0.6 is 0 Å². The molecule has 0 aliphatic heterocycles. The van der Waals surface area contributed by atoms with Crippen molar-refractivity contribution in [3.05, 3.63) is 36.4 Å². The molecule has 0 spiro atoms. The molecule has 22 heavy (non-hydrogen) atoms. The number of ether oxygens (including phenoxy) is 2. The number of rotatable bonds is 7. The zero-order valence-electron chi connectivity index (χ0n) is 12.7. The Labute approximate surface area is 147 Å². The van der Waals surface area contributed by atoms with Crippen LogP contribution in [0.3, 0.4) is 0 Å². The number of hydrogen-bond acceptors (Lipinski definition) is 4. The molecule has 0 aromatic heterocycles. The van der Waals surface area contributed by atoms with E-state index in [1.165, 1.54) is 7.22 Å². The van der Waals surface area contributed by atoms with Gasteiger partial charge in [-0.1, -0.05) is 0 Å². The van der Waals surface area contributed by atoms with Gasteiger partial charge in [-0.25, -0.2) is 0 Å². The number of hydrogen-bond donors (Lipinski definition) is 2. The Morgan fingerprint density at radius 3 is 2.23 bits per heavy atom. The molecular weight excluding hydrogens is 507 g/mol. The second-order valence-corrected chi connectivity index (χ2v) is 14.2. The molecule has 0 heterocycles. The van der Waals surface area contributed by atoms with Crippen molar-refractivity contribution >= 4 is 52.7 Å². The van der Waals surface area contributed by atoms with Crippen molar-refractivity contribution in [3.8, 4) is 11.5 Å². The summed E-state index contributed by atoms with van der Waals surface area (Å²) in [6.07, 6.45) is 0. The van der Waals surface area contributed by atoms with Crippen LogP contribution in [0.1, 0.15) is 13.8 Å². The predicted octanol–water partition coefficient (Wildman–Crippen LogP) is 0.923. The summed E-state index contributed by atoms with van der Waals surface area (Å²) in [5.74, 6) is 1.67. The number of benzene rings is 2. The molecule has 0 bridgehead atoms. The molecule has 0 radical (unpaired) electrons. The van der Waals surface area contributed by atoms with Crippen molar-refractivity contribution in [1.82, 2.24) is 0 Å². The van der Waals surface area contributed by atoms with E-state index in [1.54, 1.807) is 0 Å². The fraction of sp³-hybridized carbons (Fsp3) is 0.250. The van der Waals surface area contributed by atoms with Gasteiger partial charge in [-0.3, -0.25) is 0 Å². The van der Waals surface area contributed by atoms with Gasteiger partial charge in [-0.15, -0.1) is 0 Å². The number of nitrogen functional groups attached to an aromatic ring is 2. The van der Waals surface area contributed by atoms with Crippen LogP contribution in [-0.2, 0) is 0 Å². The Morgan fingerprint density at radius 2 is 1.50 bits per heavy atom. The van der Waals surface area contributed by atoms with E-state index in [2.05, 4.69) is 12.1 Å². The molecule has 0 unspecified atom stereocenters. The van der Waals surface area contributed by atoms with E-state index >= 15 is 0 Å². The normalized spacial score (nSPS) is 10.5. The van der Waals surface area contributed by atoms with Crippen molar-refractivity contribution in [2.75, 3.05) is 24.7 Å². The zero-order valence-corrected chi connectivity index (χ0v) is 17.3. The number of anilines is 2. The van der Waals surface area contributed by atoms with E-state index in [4.69, 9.17) is 20.9 Å². The first-order chi connectivity index (χ1) is 10.7. The van der Waals surface area contributed by atoms with Crippen molar-refractivity contribution in [2.24, 2.45) is 0 Å². The first kappa shape index (κ1) is 17.6. The van der Waals surface area contributed by atoms with E-state index in [9.17, 15) is 0 Å². The molecule has 6 heteroatoms. The number of para-hydroxylation sites is 2. The van der Waals surface area contributed by atoms with E-state index in [0.29, 0.717) is 13.2 Å². The summed E-state index contributed by atoms with van der Waals surface area (Å²) in [6.45, 7) is 5.22. The van der Waals surface area contributed by atoms with Gasteiger partial charge >= 0.3 is 149 Å². The van der Waals surface area contributed by atoms with Gasteiger partial charge in [0.25, 0.3) is 0 Å². The molecule has 0 aliphatic rings. The van der Waals surface area contributed by atoms with Crippen LogP contribution in [0.2, 0.25) is 0 Å². The summed E-state index contributed by atoms with van der Waals surface area (Å²) in [4.78, 5) is 0. The summed E-state index contributed by atoms with van der Waals surface area (Å²) in [5, 5.41) is 0. The topological polar surface area (TPSA) is 70.5 Å². The van der Waals surface area contributed by atoms with Crippen LogP contribution in [0.5, 0.6) is 11.5 Å². The van der Waals surface area contributed by atoms with Gasteiger partial charge in [0.1, 0.15) is 0 Å². The van der Waals surface area contributed by atoms with Crippen LogP contribution in [0.15, 0.2) is 36.4 Å². The van der Waals surface area contributed by atoms with Crippen molar-refractivity contribution in [1.29, 1.82) is 0 Å². The van der Waals surface area contributed by atoms with Crippen LogP contribution in [0, 0.1) is 0 Å². The van der Waals surface area contributed by atoms with Crippen molar-refractivity contribution < 1.29 is 9.47 Å². The maximum atomic E-state index is 6.23. The van der Waals surface area contributed by atoms with E-state index < -0.39 is 0 Å². The van der Waals surface area contributed by atoms with Crippen LogP contribution in [-0.4, -0.2) is 47.3 Å². The fourth-order valence-corrected chi connectivity index (χ4v) is 13.1. The summed E-state index contributed by atoms with van der Waals surface area (Å²) in [7, 11) is 0. The third-order valence-electron chi connectivity index (χ3n) is 2.85. The summed E-state index contributed by atoms with van der Waals surface area (Å²) in [5.41, 5.74) is 13.8. The second-order valence-electron chi connectivity index (χ2n) is 4.38. The minimum atomic E-state index is -0.353. The molecule has 0 amide bonds. The van der Waals surface area contributed by atoms with E-state index in [1.807, 2.05) is 38.1 Å². The van der Waals surface area contributed by atoms with Crippen molar-refractivity contribution in [2.45, 2.75) is 13.8 Å². The van der Waals surface area contributed by atoms with Crippen molar-refractivity contribution in [3.63, 3.8) is 0 Å². The average molecular weight is 528 g/mol. The summed E-state index contributed by atoms with van der Waals surface area (Å²) < 4.78 is 13.9. The molecule has 4 N–H and O–H groups in total. The molecule has 2 rings (SSSR count). The third kappa shape index (κ3) is 4.37. The second kappa shape index (κ2) is 8.75. The minimum absolute atomic E-state index is 0.353. The molecule has 0 fully saturated rings. The van der Waals surface area contributed by atoms with E-state index in [-0.39, 0.29) is 34.1 Å². The first-order valence-corrected chi connectivity index (χ1v) is 16.7. The van der Waals surface area contributed by atoms with Crippen LogP contribution in [0.25, 0.3) is 0 Å². The van der Waals surface area contributed by atoms with Gasteiger partial charge < -0.3 is 0 Å². The number of nitrogens with two attached hydrogens (primary N) is 2. The Kier molecular flexibility index (Phi) is 6.99. The molecular formula is C16H20N2O2Te2. The molecule has 0 saturated heterocycles. The molecule has 0 atom stereocenters. The molecule has 2 aromatic carbocycles. The predicted molar refractivity (Wildman–Crippen MR) is 94.8 cm³/mol. The standard InChI is InChI=1S/C16H20N2O2Te2/c1-3-19-12-8-6-9-13(15(12)18)21-22-14-10-5-7-11(17)16(14)20-4-2/h5-10H,3-4,17-18H2,1-2H3. The molecule has 0 saturated carbocycles. The van der Waals surface area contributed by atoms with Crippen LogP contribution < -0.4 is 28.2 Å². The molecule has 0 aliphatic carbocycles. The molecule has 2 aromatic rings. The van der Waals surface area contributed by atoms with E-state index in [0.717, 1.165) is 22.9 Å². The Hall–Kier alpha value is -0.781. The van der Waals surface area contributed by atoms with Gasteiger partial charge in [-0.2, -0.15) is 0 Å². The molecule has 118 valence electrons. The third-order valence-corrected chi connectivity index (χ3v) is 14.5. The van der Waals surface area contributed by atoms with Gasteiger partial charge in [0.2, 0.25) is 0 Å². The quantitative estimate of drug-likeness (QED) is 0.415. The summed E-state index contributed by atoms with van der Waals surface area (Å²) >= 11 is -0.706. The summed E-state index contributed by atoms with van der Waals surface area (Å²) in [6, 6.07) is 12.1. The van der Waals surface area contributed by atoms with Gasteiger partial charge in [0.05, 0.1) is 0 Å². The zero-order chi connectivity index (χ0) is 15.9. The van der Waals surface area contributed by atoms with Crippen LogP contribution in [0.4, 0.5) is 11.4 Å². The molecule has 4 nitrogen and oxygen atoms in total. The first-order valence-electron chi connectivity index (χ1n) is 7.04. The average Bonchev–Trinajstić information content (AvgIpc) is 2.51. The Bertz CT molecular complexity index is 636. The monoisotopic (exact) mass is 532 g/mol. The SMILES string of the molecule is CCOc1cccc([Te][Te]c2cccc(N)c2OCC)c1N. The van der Waals surface area contributed by atoms with Gasteiger partial charge in [0.15, 0.2) is 0 Å². The van der Waals surface area contributed by atoms with Gasteiger partial charge in [0, 0.05) is 0 Å².